The quantitative estimate of drug-likeness (QED) is 0.781. The number of hydrogen-bond acceptors (Lipinski definition) is 6. The molecule has 0 unspecified atom stereocenters. The van der Waals surface area contributed by atoms with E-state index in [0.29, 0.717) is 11.6 Å². The summed E-state index contributed by atoms with van der Waals surface area (Å²) in [4.78, 5) is 17.9. The van der Waals surface area contributed by atoms with E-state index < -0.39 is 21.0 Å². The molecular formula is C18H24N2O3S3. The number of sulfone groups is 1. The summed E-state index contributed by atoms with van der Waals surface area (Å²) in [5.74, 6) is -0.198. The highest BCUT2D eigenvalue weighted by Crippen LogP contribution is 2.29. The van der Waals surface area contributed by atoms with Gasteiger partial charge in [-0.2, -0.15) is 0 Å². The zero-order valence-electron chi connectivity index (χ0n) is 15.0. The van der Waals surface area contributed by atoms with Gasteiger partial charge in [-0.15, -0.1) is 22.7 Å². The standard InChI is InChI=1S/C18H24N2O3S3/c1-12-6-3-4-7-15(12)20-17(21)13(2)26(22,23)11-14-10-25-18(19-14)16-8-5-9-24-16/h5,8-10,12-13,15H,3-4,6-7,11H2,1-2H3,(H,20,21)/t12-,13+,15+/m1/s1. The lowest BCUT2D eigenvalue weighted by atomic mass is 9.86. The van der Waals surface area contributed by atoms with Gasteiger partial charge >= 0.3 is 0 Å². The molecule has 8 heteroatoms. The molecule has 5 nitrogen and oxygen atoms in total. The van der Waals surface area contributed by atoms with Gasteiger partial charge in [0.2, 0.25) is 5.91 Å². The molecule has 1 amide bonds. The Balaban J connectivity index is 1.64. The summed E-state index contributed by atoms with van der Waals surface area (Å²) >= 11 is 3.00. The van der Waals surface area contributed by atoms with Gasteiger partial charge in [-0.25, -0.2) is 13.4 Å². The van der Waals surface area contributed by atoms with Crippen LogP contribution < -0.4 is 5.32 Å². The number of nitrogens with one attached hydrogen (secondary N) is 1. The summed E-state index contributed by atoms with van der Waals surface area (Å²) in [7, 11) is -3.60. The van der Waals surface area contributed by atoms with Gasteiger partial charge in [0.15, 0.2) is 9.84 Å². The van der Waals surface area contributed by atoms with Crippen LogP contribution in [-0.4, -0.2) is 30.6 Å². The molecule has 1 aliphatic rings. The van der Waals surface area contributed by atoms with Crippen molar-refractivity contribution in [1.82, 2.24) is 10.3 Å². The molecule has 0 spiro atoms. The Hall–Kier alpha value is -1.25. The molecule has 2 aromatic rings. The van der Waals surface area contributed by atoms with Gasteiger partial charge in [0.1, 0.15) is 10.3 Å². The highest BCUT2D eigenvalue weighted by Gasteiger charge is 2.32. The number of thiazole rings is 1. The predicted octanol–water partition coefficient (Wildman–Crippen LogP) is 3.87. The second kappa shape index (κ2) is 8.19. The lowest BCUT2D eigenvalue weighted by molar-refractivity contribution is -0.121. The first kappa shape index (κ1) is 19.5. The number of aromatic nitrogens is 1. The molecule has 1 N–H and O–H groups in total. The van der Waals surface area contributed by atoms with Crippen LogP contribution in [0.15, 0.2) is 22.9 Å². The molecule has 0 aliphatic heterocycles. The van der Waals surface area contributed by atoms with Crippen molar-refractivity contribution in [3.8, 4) is 9.88 Å². The Morgan fingerprint density at radius 1 is 1.35 bits per heavy atom. The van der Waals surface area contributed by atoms with E-state index in [1.165, 1.54) is 24.7 Å². The van der Waals surface area contributed by atoms with Crippen LogP contribution in [-0.2, 0) is 20.4 Å². The molecule has 0 aromatic carbocycles. The topological polar surface area (TPSA) is 76.1 Å². The van der Waals surface area contributed by atoms with E-state index in [0.717, 1.165) is 29.1 Å². The minimum absolute atomic E-state index is 0.0820. The van der Waals surface area contributed by atoms with Gasteiger partial charge < -0.3 is 5.32 Å². The van der Waals surface area contributed by atoms with Crippen LogP contribution in [0.4, 0.5) is 0 Å². The van der Waals surface area contributed by atoms with Gasteiger partial charge in [0.25, 0.3) is 0 Å². The van der Waals surface area contributed by atoms with E-state index in [-0.39, 0.29) is 11.8 Å². The zero-order valence-corrected chi connectivity index (χ0v) is 17.4. The van der Waals surface area contributed by atoms with Crippen LogP contribution in [0.1, 0.15) is 45.2 Å². The number of rotatable bonds is 6. The van der Waals surface area contributed by atoms with E-state index in [4.69, 9.17) is 0 Å². The summed E-state index contributed by atoms with van der Waals surface area (Å²) < 4.78 is 25.3. The second-order valence-electron chi connectivity index (χ2n) is 6.95. The summed E-state index contributed by atoms with van der Waals surface area (Å²) in [6.07, 6.45) is 4.27. The van der Waals surface area contributed by atoms with Crippen molar-refractivity contribution in [2.75, 3.05) is 0 Å². The first-order chi connectivity index (χ1) is 12.4. The lowest BCUT2D eigenvalue weighted by Crippen LogP contribution is -2.47. The van der Waals surface area contributed by atoms with E-state index in [2.05, 4.69) is 17.2 Å². The smallest absolute Gasteiger partial charge is 0.238 e. The molecule has 1 fully saturated rings. The summed E-state index contributed by atoms with van der Waals surface area (Å²) in [6, 6.07) is 3.98. The number of thiophene rings is 1. The zero-order chi connectivity index (χ0) is 18.7. The average molecular weight is 413 g/mol. The number of carbonyl (C=O) groups excluding carboxylic acids is 1. The first-order valence-electron chi connectivity index (χ1n) is 8.87. The minimum Gasteiger partial charge on any atom is -0.352 e. The third-order valence-corrected chi connectivity index (χ3v) is 8.90. The fourth-order valence-corrected chi connectivity index (χ4v) is 6.16. The molecular weight excluding hydrogens is 388 g/mol. The Labute approximate surface area is 162 Å². The van der Waals surface area contributed by atoms with Gasteiger partial charge in [0.05, 0.1) is 16.3 Å². The number of amides is 1. The van der Waals surface area contributed by atoms with Gasteiger partial charge in [-0.05, 0) is 37.1 Å². The van der Waals surface area contributed by atoms with Crippen LogP contribution in [0.5, 0.6) is 0 Å². The van der Waals surface area contributed by atoms with Crippen LogP contribution in [0.25, 0.3) is 9.88 Å². The molecule has 3 atom stereocenters. The maximum atomic E-state index is 12.7. The van der Waals surface area contributed by atoms with E-state index in [1.807, 2.05) is 17.5 Å². The van der Waals surface area contributed by atoms with Crippen molar-refractivity contribution in [3.63, 3.8) is 0 Å². The highest BCUT2D eigenvalue weighted by atomic mass is 32.2. The van der Waals surface area contributed by atoms with E-state index in [1.54, 1.807) is 16.7 Å². The van der Waals surface area contributed by atoms with Crippen molar-refractivity contribution in [2.24, 2.45) is 5.92 Å². The molecule has 26 heavy (non-hydrogen) atoms. The van der Waals surface area contributed by atoms with Crippen LogP contribution in [0.3, 0.4) is 0 Å². The number of nitrogens with zero attached hydrogens (tertiary/aromatic N) is 1. The third-order valence-electron chi connectivity index (χ3n) is 4.98. The molecule has 2 heterocycles. The van der Waals surface area contributed by atoms with Crippen molar-refractivity contribution in [3.05, 3.63) is 28.6 Å². The van der Waals surface area contributed by atoms with Crippen molar-refractivity contribution < 1.29 is 13.2 Å². The van der Waals surface area contributed by atoms with Gasteiger partial charge in [-0.3, -0.25) is 4.79 Å². The third kappa shape index (κ3) is 4.53. The Bertz CT molecular complexity index is 843. The molecule has 0 saturated heterocycles. The fourth-order valence-electron chi connectivity index (χ4n) is 3.21. The Morgan fingerprint density at radius 3 is 2.81 bits per heavy atom. The maximum Gasteiger partial charge on any atom is 0.238 e. The van der Waals surface area contributed by atoms with Crippen molar-refractivity contribution in [1.29, 1.82) is 0 Å². The molecule has 142 valence electrons. The van der Waals surface area contributed by atoms with Crippen molar-refractivity contribution >= 4 is 38.4 Å². The molecule has 3 rings (SSSR count). The average Bonchev–Trinajstić information content (AvgIpc) is 3.27. The molecule has 1 saturated carbocycles. The predicted molar refractivity (Wildman–Crippen MR) is 107 cm³/mol. The van der Waals surface area contributed by atoms with Crippen LogP contribution >= 0.6 is 22.7 Å². The Kier molecular flexibility index (Phi) is 6.14. The van der Waals surface area contributed by atoms with E-state index >= 15 is 0 Å². The lowest BCUT2D eigenvalue weighted by Gasteiger charge is -2.30. The number of hydrogen-bond donors (Lipinski definition) is 1. The normalized spacial score (nSPS) is 22.1. The monoisotopic (exact) mass is 412 g/mol. The van der Waals surface area contributed by atoms with E-state index in [9.17, 15) is 13.2 Å². The van der Waals surface area contributed by atoms with Gasteiger partial charge in [-0.1, -0.05) is 25.8 Å². The highest BCUT2D eigenvalue weighted by molar-refractivity contribution is 7.92. The summed E-state index contributed by atoms with van der Waals surface area (Å²) in [6.45, 7) is 3.59. The summed E-state index contributed by atoms with van der Waals surface area (Å²) in [5, 5.41) is 6.43. The molecule has 0 bridgehead atoms. The minimum atomic E-state index is -3.60. The van der Waals surface area contributed by atoms with Crippen LogP contribution in [0, 0.1) is 5.92 Å². The van der Waals surface area contributed by atoms with Gasteiger partial charge in [0, 0.05) is 11.4 Å². The van der Waals surface area contributed by atoms with Crippen LogP contribution in [0.2, 0.25) is 0 Å². The second-order valence-corrected chi connectivity index (χ2v) is 11.1. The molecule has 1 aliphatic carbocycles. The Morgan fingerprint density at radius 2 is 2.12 bits per heavy atom. The molecule has 2 aromatic heterocycles. The maximum absolute atomic E-state index is 12.7. The number of carbonyl (C=O) groups is 1. The SMILES string of the molecule is C[C@@H]1CCCC[C@@H]1NC(=O)[C@H](C)S(=O)(=O)Cc1csc(-c2cccs2)n1. The van der Waals surface area contributed by atoms with Crippen molar-refractivity contribution in [2.45, 2.75) is 56.6 Å². The first-order valence-corrected chi connectivity index (χ1v) is 12.3. The summed E-state index contributed by atoms with van der Waals surface area (Å²) in [5.41, 5.74) is 0.504. The fraction of sp³-hybridized carbons (Fsp3) is 0.556. The molecule has 0 radical (unpaired) electrons. The largest absolute Gasteiger partial charge is 0.352 e.